The number of carboxylic acids is 1. The van der Waals surface area contributed by atoms with Crippen molar-refractivity contribution in [3.05, 3.63) is 29.8 Å². The van der Waals surface area contributed by atoms with E-state index in [1.54, 1.807) is 31.2 Å². The Labute approximate surface area is 124 Å². The predicted molar refractivity (Wildman–Crippen MR) is 77.4 cm³/mol. The number of likely N-dealkylation sites (N-methyl/N-ethyl adjacent to an activating group) is 1. The zero-order valence-electron chi connectivity index (χ0n) is 12.3. The zero-order chi connectivity index (χ0) is 15.7. The molecule has 0 aromatic heterocycles. The van der Waals surface area contributed by atoms with Gasteiger partial charge in [0, 0.05) is 19.6 Å². The van der Waals surface area contributed by atoms with Crippen molar-refractivity contribution < 1.29 is 24.2 Å². The van der Waals surface area contributed by atoms with E-state index in [4.69, 9.17) is 14.6 Å². The van der Waals surface area contributed by atoms with Crippen LogP contribution in [0.1, 0.15) is 19.4 Å². The number of rotatable bonds is 9. The third kappa shape index (κ3) is 6.27. The molecule has 0 heterocycles. The summed E-state index contributed by atoms with van der Waals surface area (Å²) in [5.74, 6) is -0.592. The second kappa shape index (κ2) is 8.97. The van der Waals surface area contributed by atoms with Gasteiger partial charge < -0.3 is 19.9 Å². The molecule has 0 saturated carbocycles. The maximum Gasteiger partial charge on any atom is 0.333 e. The topological polar surface area (TPSA) is 84.9 Å². The van der Waals surface area contributed by atoms with Crippen LogP contribution in [-0.4, -0.2) is 42.8 Å². The van der Waals surface area contributed by atoms with Crippen LogP contribution >= 0.6 is 0 Å². The van der Waals surface area contributed by atoms with E-state index in [0.717, 1.165) is 5.56 Å². The van der Waals surface area contributed by atoms with Crippen LogP contribution in [-0.2, 0) is 20.7 Å². The highest BCUT2D eigenvalue weighted by molar-refractivity contribution is 5.77. The minimum atomic E-state index is -0.978. The maximum atomic E-state index is 11.3. The van der Waals surface area contributed by atoms with Crippen LogP contribution in [0.5, 0.6) is 5.75 Å². The molecule has 0 aliphatic heterocycles. The van der Waals surface area contributed by atoms with Crippen LogP contribution < -0.4 is 10.1 Å². The smallest absolute Gasteiger partial charge is 0.333 e. The number of hydrogen-bond donors (Lipinski definition) is 2. The number of carbonyl (C=O) groups is 2. The van der Waals surface area contributed by atoms with Crippen molar-refractivity contribution in [2.24, 2.45) is 0 Å². The highest BCUT2D eigenvalue weighted by atomic mass is 16.5. The lowest BCUT2D eigenvalue weighted by Crippen LogP contribution is -2.28. The van der Waals surface area contributed by atoms with E-state index < -0.39 is 12.1 Å². The van der Waals surface area contributed by atoms with E-state index in [0.29, 0.717) is 25.3 Å². The zero-order valence-corrected chi connectivity index (χ0v) is 12.3. The molecule has 0 aliphatic rings. The van der Waals surface area contributed by atoms with Gasteiger partial charge in [-0.15, -0.1) is 0 Å². The van der Waals surface area contributed by atoms with E-state index in [9.17, 15) is 9.59 Å². The van der Waals surface area contributed by atoms with Gasteiger partial charge >= 0.3 is 5.97 Å². The molecule has 1 aromatic rings. The third-order valence-corrected chi connectivity index (χ3v) is 2.73. The molecule has 1 aromatic carbocycles. The summed E-state index contributed by atoms with van der Waals surface area (Å²) < 4.78 is 10.5. The number of hydrogen-bond acceptors (Lipinski definition) is 4. The summed E-state index contributed by atoms with van der Waals surface area (Å²) in [6, 6.07) is 6.95. The highest BCUT2D eigenvalue weighted by Crippen LogP contribution is 2.14. The number of carbonyl (C=O) groups excluding carboxylic acids is 1. The summed E-state index contributed by atoms with van der Waals surface area (Å²) in [6.45, 7) is 4.47. The molecular formula is C15H21NO5. The molecule has 0 fully saturated rings. The Balaban J connectivity index is 2.53. The van der Waals surface area contributed by atoms with E-state index >= 15 is 0 Å². The van der Waals surface area contributed by atoms with E-state index in [2.05, 4.69) is 5.32 Å². The fourth-order valence-corrected chi connectivity index (χ4v) is 1.75. The van der Waals surface area contributed by atoms with E-state index in [1.165, 1.54) is 0 Å². The number of carboxylic acid groups (broad SMARTS) is 1. The van der Waals surface area contributed by atoms with Crippen molar-refractivity contribution in [3.8, 4) is 5.75 Å². The Morgan fingerprint density at radius 1 is 1.24 bits per heavy atom. The molecule has 6 heteroatoms. The van der Waals surface area contributed by atoms with Crippen molar-refractivity contribution in [1.82, 2.24) is 5.32 Å². The molecule has 0 bridgehead atoms. The minimum absolute atomic E-state index is 0.0378. The monoisotopic (exact) mass is 295 g/mol. The van der Waals surface area contributed by atoms with Crippen LogP contribution in [0.25, 0.3) is 0 Å². The van der Waals surface area contributed by atoms with Crippen LogP contribution in [0.2, 0.25) is 0 Å². The normalized spacial score (nSPS) is 11.7. The van der Waals surface area contributed by atoms with Gasteiger partial charge in [0.05, 0.1) is 0 Å². The second-order valence-electron chi connectivity index (χ2n) is 4.37. The Kier molecular flexibility index (Phi) is 7.25. The molecular weight excluding hydrogens is 274 g/mol. The van der Waals surface area contributed by atoms with Gasteiger partial charge in [-0.1, -0.05) is 12.1 Å². The average molecular weight is 295 g/mol. The van der Waals surface area contributed by atoms with Gasteiger partial charge in [-0.05, 0) is 31.5 Å². The first kappa shape index (κ1) is 17.0. The van der Waals surface area contributed by atoms with Gasteiger partial charge in [0.2, 0.25) is 0 Å². The first-order chi connectivity index (χ1) is 10.1. The van der Waals surface area contributed by atoms with Crippen LogP contribution in [0.4, 0.5) is 0 Å². The van der Waals surface area contributed by atoms with E-state index in [1.807, 2.05) is 6.92 Å². The number of amides is 1. The molecule has 1 atom stereocenters. The summed E-state index contributed by atoms with van der Waals surface area (Å²) >= 11 is 0. The summed E-state index contributed by atoms with van der Waals surface area (Å²) in [7, 11) is 0. The number of nitrogens with one attached hydrogen (secondary N) is 1. The molecule has 21 heavy (non-hydrogen) atoms. The van der Waals surface area contributed by atoms with Crippen molar-refractivity contribution in [3.63, 3.8) is 0 Å². The molecule has 116 valence electrons. The highest BCUT2D eigenvalue weighted by Gasteiger charge is 2.17. The van der Waals surface area contributed by atoms with Gasteiger partial charge in [0.1, 0.15) is 5.75 Å². The summed E-state index contributed by atoms with van der Waals surface area (Å²) in [5.41, 5.74) is 0.834. The molecule has 1 rings (SSSR count). The van der Waals surface area contributed by atoms with Gasteiger partial charge in [-0.25, -0.2) is 4.79 Å². The quantitative estimate of drug-likeness (QED) is 0.716. The molecule has 1 unspecified atom stereocenters. The fraction of sp³-hybridized carbons (Fsp3) is 0.467. The molecule has 0 saturated heterocycles. The van der Waals surface area contributed by atoms with Gasteiger partial charge in [0.25, 0.3) is 5.91 Å². The number of benzene rings is 1. The fourth-order valence-electron chi connectivity index (χ4n) is 1.75. The van der Waals surface area contributed by atoms with E-state index in [-0.39, 0.29) is 12.5 Å². The Morgan fingerprint density at radius 3 is 2.43 bits per heavy atom. The van der Waals surface area contributed by atoms with Crippen molar-refractivity contribution in [1.29, 1.82) is 0 Å². The summed E-state index contributed by atoms with van der Waals surface area (Å²) in [5, 5.41) is 11.7. The maximum absolute atomic E-state index is 11.3. The van der Waals surface area contributed by atoms with Crippen LogP contribution in [0.3, 0.4) is 0 Å². The van der Waals surface area contributed by atoms with Crippen molar-refractivity contribution in [2.75, 3.05) is 19.8 Å². The van der Waals surface area contributed by atoms with Gasteiger partial charge in [-0.3, -0.25) is 4.79 Å². The van der Waals surface area contributed by atoms with Gasteiger partial charge in [-0.2, -0.15) is 0 Å². The average Bonchev–Trinajstić information content (AvgIpc) is 2.46. The van der Waals surface area contributed by atoms with Crippen molar-refractivity contribution >= 4 is 11.9 Å². The number of ether oxygens (including phenoxy) is 2. The Bertz CT molecular complexity index is 458. The summed E-state index contributed by atoms with van der Waals surface area (Å²) in [4.78, 5) is 22.3. The van der Waals surface area contributed by atoms with Crippen LogP contribution in [0, 0.1) is 0 Å². The lowest BCUT2D eigenvalue weighted by molar-refractivity contribution is -0.150. The molecule has 0 radical (unpaired) electrons. The Morgan fingerprint density at radius 2 is 1.90 bits per heavy atom. The first-order valence-electron chi connectivity index (χ1n) is 6.89. The minimum Gasteiger partial charge on any atom is -0.484 e. The molecule has 0 aliphatic carbocycles. The standard InChI is InChI=1S/C15H21NO5/c1-3-16-14(17)10-21-12-7-5-11(6-8-12)9-13(15(18)19)20-4-2/h5-8,13H,3-4,9-10H2,1-2H3,(H,16,17)(H,18,19). The second-order valence-corrected chi connectivity index (χ2v) is 4.37. The lowest BCUT2D eigenvalue weighted by Gasteiger charge is -2.12. The lowest BCUT2D eigenvalue weighted by atomic mass is 10.1. The molecule has 2 N–H and O–H groups in total. The van der Waals surface area contributed by atoms with Gasteiger partial charge in [0.15, 0.2) is 12.7 Å². The Hall–Kier alpha value is -2.08. The first-order valence-corrected chi connectivity index (χ1v) is 6.89. The molecule has 0 spiro atoms. The largest absolute Gasteiger partial charge is 0.484 e. The molecule has 1 amide bonds. The SMILES string of the molecule is CCNC(=O)COc1ccc(CC(OCC)C(=O)O)cc1. The summed E-state index contributed by atoms with van der Waals surface area (Å²) in [6.07, 6.45) is -0.558. The van der Waals surface area contributed by atoms with Crippen LogP contribution in [0.15, 0.2) is 24.3 Å². The van der Waals surface area contributed by atoms with Crippen molar-refractivity contribution in [2.45, 2.75) is 26.4 Å². The molecule has 6 nitrogen and oxygen atoms in total. The predicted octanol–water partition coefficient (Wildman–Crippen LogP) is 1.23. The third-order valence-electron chi connectivity index (χ3n) is 2.73. The number of aliphatic carboxylic acids is 1.